The number of hydrogen-bond acceptors (Lipinski definition) is 5. The first-order valence-corrected chi connectivity index (χ1v) is 10.6. The summed E-state index contributed by atoms with van der Waals surface area (Å²) >= 11 is 1.12. The van der Waals surface area contributed by atoms with Crippen molar-refractivity contribution in [2.45, 2.75) is 20.0 Å². The molecule has 2 amide bonds. The Kier molecular flexibility index (Phi) is 6.13. The maximum atomic E-state index is 14.3. The number of nitrogens with zero attached hydrogens (tertiary/aromatic N) is 2. The molecule has 166 valence electrons. The second-order valence-corrected chi connectivity index (χ2v) is 8.12. The Bertz CT molecular complexity index is 1170. The number of aryl methyl sites for hydroxylation is 1. The smallest absolute Gasteiger partial charge is 0.387 e. The maximum Gasteiger partial charge on any atom is 0.387 e. The van der Waals surface area contributed by atoms with Crippen LogP contribution in [0, 0.1) is 18.7 Å². The van der Waals surface area contributed by atoms with Crippen molar-refractivity contribution in [3.8, 4) is 17.0 Å². The molecule has 3 aromatic rings. The van der Waals surface area contributed by atoms with Gasteiger partial charge in [0.15, 0.2) is 5.13 Å². The molecule has 10 heteroatoms. The van der Waals surface area contributed by atoms with Crippen LogP contribution in [0.15, 0.2) is 47.8 Å². The van der Waals surface area contributed by atoms with Crippen LogP contribution in [0.2, 0.25) is 0 Å². The summed E-state index contributed by atoms with van der Waals surface area (Å²) in [7, 11) is 0. The van der Waals surface area contributed by atoms with Crippen molar-refractivity contribution >= 4 is 34.0 Å². The number of rotatable bonds is 6. The normalized spacial score (nSPS) is 16.0. The van der Waals surface area contributed by atoms with Crippen molar-refractivity contribution in [2.24, 2.45) is 5.92 Å². The average Bonchev–Trinajstić information content (AvgIpc) is 3.35. The molecule has 2 heterocycles. The summed E-state index contributed by atoms with van der Waals surface area (Å²) in [5.41, 5.74) is 1.60. The third-order valence-electron chi connectivity index (χ3n) is 5.00. The van der Waals surface area contributed by atoms with Crippen LogP contribution in [0.5, 0.6) is 5.75 Å². The van der Waals surface area contributed by atoms with Gasteiger partial charge >= 0.3 is 6.61 Å². The molecule has 0 bridgehead atoms. The number of carbonyl (C=O) groups is 2. The van der Waals surface area contributed by atoms with E-state index in [1.54, 1.807) is 36.6 Å². The summed E-state index contributed by atoms with van der Waals surface area (Å²) in [6, 6.07) is 10.8. The lowest BCUT2D eigenvalue weighted by atomic mass is 10.1. The number of halogens is 3. The number of nitrogens with one attached hydrogen (secondary N) is 1. The van der Waals surface area contributed by atoms with Gasteiger partial charge in [-0.15, -0.1) is 11.3 Å². The Hall–Kier alpha value is -3.40. The van der Waals surface area contributed by atoms with Gasteiger partial charge in [-0.25, -0.2) is 9.37 Å². The van der Waals surface area contributed by atoms with Gasteiger partial charge in [0, 0.05) is 23.9 Å². The van der Waals surface area contributed by atoms with E-state index in [0.717, 1.165) is 16.9 Å². The standard InChI is InChI=1S/C22H18F3N3O3S/c1-12-6-7-17(15(23)8-12)28-10-13(9-19(28)29)20(30)27-22-26-16(11-32-22)14-4-2-3-5-18(14)31-21(24)25/h2-8,11,13,21H,9-10H2,1H3,(H,26,27,30). The third-order valence-corrected chi connectivity index (χ3v) is 5.76. The number of anilines is 2. The van der Waals surface area contributed by atoms with E-state index in [-0.39, 0.29) is 35.4 Å². The zero-order valence-electron chi connectivity index (χ0n) is 16.8. The van der Waals surface area contributed by atoms with Crippen LogP contribution >= 0.6 is 11.3 Å². The largest absolute Gasteiger partial charge is 0.434 e. The minimum atomic E-state index is -2.98. The molecule has 32 heavy (non-hydrogen) atoms. The summed E-state index contributed by atoms with van der Waals surface area (Å²) in [5.74, 6) is -1.99. The molecular weight excluding hydrogens is 443 g/mol. The van der Waals surface area contributed by atoms with Crippen LogP contribution in [0.1, 0.15) is 12.0 Å². The van der Waals surface area contributed by atoms with E-state index in [1.807, 2.05) is 0 Å². The highest BCUT2D eigenvalue weighted by molar-refractivity contribution is 7.14. The topological polar surface area (TPSA) is 71.5 Å². The Morgan fingerprint density at radius 3 is 2.81 bits per heavy atom. The molecule has 0 saturated carbocycles. The number of hydrogen-bond donors (Lipinski definition) is 1. The predicted molar refractivity (Wildman–Crippen MR) is 114 cm³/mol. The summed E-state index contributed by atoms with van der Waals surface area (Å²) in [6.45, 7) is -1.18. The van der Waals surface area contributed by atoms with Gasteiger partial charge in [0.2, 0.25) is 11.8 Å². The van der Waals surface area contributed by atoms with Crippen molar-refractivity contribution in [1.29, 1.82) is 0 Å². The van der Waals surface area contributed by atoms with Gasteiger partial charge in [0.25, 0.3) is 0 Å². The molecule has 0 aliphatic carbocycles. The highest BCUT2D eigenvalue weighted by Crippen LogP contribution is 2.34. The fourth-order valence-electron chi connectivity index (χ4n) is 3.49. The van der Waals surface area contributed by atoms with Crippen LogP contribution in [-0.2, 0) is 9.59 Å². The number of benzene rings is 2. The number of para-hydroxylation sites is 1. The van der Waals surface area contributed by atoms with Gasteiger partial charge in [-0.2, -0.15) is 8.78 Å². The number of aromatic nitrogens is 1. The molecular formula is C22H18F3N3O3S. The Morgan fingerprint density at radius 2 is 2.06 bits per heavy atom. The minimum absolute atomic E-state index is 0.0252. The van der Waals surface area contributed by atoms with E-state index in [0.29, 0.717) is 11.3 Å². The lowest BCUT2D eigenvalue weighted by Gasteiger charge is -2.17. The molecule has 2 aromatic carbocycles. The van der Waals surface area contributed by atoms with Crippen LogP contribution < -0.4 is 15.0 Å². The maximum absolute atomic E-state index is 14.3. The lowest BCUT2D eigenvalue weighted by molar-refractivity contribution is -0.122. The SMILES string of the molecule is Cc1ccc(N2CC(C(=O)Nc3nc(-c4ccccc4OC(F)F)cs3)CC2=O)c(F)c1. The van der Waals surface area contributed by atoms with Crippen molar-refractivity contribution in [2.75, 3.05) is 16.8 Å². The summed E-state index contributed by atoms with van der Waals surface area (Å²) in [5, 5.41) is 4.52. The highest BCUT2D eigenvalue weighted by Gasteiger charge is 2.36. The van der Waals surface area contributed by atoms with Crippen LogP contribution in [0.4, 0.5) is 24.0 Å². The number of thiazole rings is 1. The number of ether oxygens (including phenoxy) is 1. The molecule has 1 aromatic heterocycles. The van der Waals surface area contributed by atoms with Gasteiger partial charge in [0.1, 0.15) is 11.6 Å². The second kappa shape index (κ2) is 8.99. The molecule has 1 atom stereocenters. The Balaban J connectivity index is 1.46. The fourth-order valence-corrected chi connectivity index (χ4v) is 4.20. The molecule has 0 spiro atoms. The Morgan fingerprint density at radius 1 is 1.28 bits per heavy atom. The van der Waals surface area contributed by atoms with Gasteiger partial charge < -0.3 is 15.0 Å². The van der Waals surface area contributed by atoms with E-state index in [1.165, 1.54) is 23.1 Å². The molecule has 1 fully saturated rings. The molecule has 6 nitrogen and oxygen atoms in total. The quantitative estimate of drug-likeness (QED) is 0.570. The van der Waals surface area contributed by atoms with Crippen LogP contribution in [0.25, 0.3) is 11.3 Å². The first kappa shape index (κ1) is 21.8. The van der Waals surface area contributed by atoms with Crippen LogP contribution in [-0.4, -0.2) is 30.0 Å². The zero-order chi connectivity index (χ0) is 22.8. The molecule has 1 aliphatic rings. The molecule has 1 N–H and O–H groups in total. The van der Waals surface area contributed by atoms with E-state index in [4.69, 9.17) is 0 Å². The number of amides is 2. The summed E-state index contributed by atoms with van der Waals surface area (Å²) in [6.07, 6.45) is -0.0531. The lowest BCUT2D eigenvalue weighted by Crippen LogP contribution is -2.28. The third kappa shape index (κ3) is 4.59. The first-order valence-electron chi connectivity index (χ1n) is 9.69. The van der Waals surface area contributed by atoms with E-state index in [2.05, 4.69) is 15.0 Å². The predicted octanol–water partition coefficient (Wildman–Crippen LogP) is 4.85. The van der Waals surface area contributed by atoms with E-state index in [9.17, 15) is 22.8 Å². The van der Waals surface area contributed by atoms with Gasteiger partial charge in [-0.1, -0.05) is 18.2 Å². The second-order valence-electron chi connectivity index (χ2n) is 7.26. The van der Waals surface area contributed by atoms with Crippen molar-refractivity contribution < 1.29 is 27.5 Å². The average molecular weight is 461 g/mol. The zero-order valence-corrected chi connectivity index (χ0v) is 17.7. The molecule has 1 saturated heterocycles. The van der Waals surface area contributed by atoms with Crippen molar-refractivity contribution in [1.82, 2.24) is 4.98 Å². The first-order chi connectivity index (χ1) is 15.3. The van der Waals surface area contributed by atoms with Gasteiger partial charge in [-0.05, 0) is 36.8 Å². The van der Waals surface area contributed by atoms with Crippen molar-refractivity contribution in [3.05, 3.63) is 59.2 Å². The summed E-state index contributed by atoms with van der Waals surface area (Å²) < 4.78 is 44.1. The van der Waals surface area contributed by atoms with Gasteiger partial charge in [0.05, 0.1) is 17.3 Å². The van der Waals surface area contributed by atoms with Gasteiger partial charge in [-0.3, -0.25) is 9.59 Å². The number of alkyl halides is 2. The highest BCUT2D eigenvalue weighted by atomic mass is 32.1. The molecule has 0 radical (unpaired) electrons. The van der Waals surface area contributed by atoms with Crippen molar-refractivity contribution in [3.63, 3.8) is 0 Å². The fraction of sp³-hybridized carbons (Fsp3) is 0.227. The molecule has 4 rings (SSSR count). The summed E-state index contributed by atoms with van der Waals surface area (Å²) in [4.78, 5) is 30.6. The Labute approximate surface area is 185 Å². The monoisotopic (exact) mass is 461 g/mol. The molecule has 1 aliphatic heterocycles. The van der Waals surface area contributed by atoms with Crippen LogP contribution in [0.3, 0.4) is 0 Å². The minimum Gasteiger partial charge on any atom is -0.434 e. The van der Waals surface area contributed by atoms with E-state index >= 15 is 0 Å². The number of carbonyl (C=O) groups excluding carboxylic acids is 2. The van der Waals surface area contributed by atoms with E-state index < -0.39 is 24.3 Å². The molecule has 1 unspecified atom stereocenters.